The van der Waals surface area contributed by atoms with Crippen molar-refractivity contribution in [3.05, 3.63) is 89.6 Å². The number of rotatable bonds is 7. The summed E-state index contributed by atoms with van der Waals surface area (Å²) < 4.78 is 15.5. The Hall–Kier alpha value is -2.53. The first kappa shape index (κ1) is 44.5. The van der Waals surface area contributed by atoms with Crippen molar-refractivity contribution in [1.29, 1.82) is 0 Å². The summed E-state index contributed by atoms with van der Waals surface area (Å²) in [6.45, 7) is 3.86. The van der Waals surface area contributed by atoms with Crippen LogP contribution in [0.25, 0.3) is 10.9 Å². The van der Waals surface area contributed by atoms with Crippen LogP contribution in [0.3, 0.4) is 0 Å². The summed E-state index contributed by atoms with van der Waals surface area (Å²) in [6.07, 6.45) is -0.199. The molecule has 0 unspecified atom stereocenters. The maximum absolute atomic E-state index is 11.8. The molecular formula is C26H25B11Br2NO7. The van der Waals surface area contributed by atoms with Crippen molar-refractivity contribution in [3.63, 3.8) is 0 Å². The van der Waals surface area contributed by atoms with Gasteiger partial charge in [-0.2, -0.15) is 0 Å². The van der Waals surface area contributed by atoms with Gasteiger partial charge in [-0.1, -0.05) is 40.2 Å². The Labute approximate surface area is 304 Å². The molecule has 47 heavy (non-hydrogen) atoms. The molecule has 1 N–H and O–H groups in total. The quantitative estimate of drug-likeness (QED) is 0.165. The van der Waals surface area contributed by atoms with Gasteiger partial charge in [0, 0.05) is 119 Å². The van der Waals surface area contributed by atoms with Gasteiger partial charge in [0.15, 0.2) is 5.43 Å². The van der Waals surface area contributed by atoms with Crippen LogP contribution in [0.5, 0.6) is 0 Å². The number of esters is 3. The lowest BCUT2D eigenvalue weighted by molar-refractivity contribution is -0.138. The zero-order valence-corrected chi connectivity index (χ0v) is 29.9. The number of ether oxygens (including phenoxy) is 3. The molecule has 1 heterocycles. The highest BCUT2D eigenvalue weighted by Crippen LogP contribution is 2.25. The number of hydrogen-bond donors (Lipinski definition) is 1. The van der Waals surface area contributed by atoms with E-state index in [9.17, 15) is 19.2 Å². The summed E-state index contributed by atoms with van der Waals surface area (Å²) in [5.41, 5.74) is 3.74. The van der Waals surface area contributed by atoms with Gasteiger partial charge in [0.1, 0.15) is 5.69 Å². The first-order valence-corrected chi connectivity index (χ1v) is 15.1. The first-order valence-electron chi connectivity index (χ1n) is 13.5. The number of H-pyrrole nitrogens is 1. The number of methoxy groups -OCH3 is 3. The Bertz CT molecular complexity index is 1580. The van der Waals surface area contributed by atoms with E-state index >= 15 is 0 Å². The van der Waals surface area contributed by atoms with E-state index < -0.39 is 37.1 Å². The van der Waals surface area contributed by atoms with E-state index in [0.29, 0.717) is 17.3 Å². The minimum atomic E-state index is -0.593. The third kappa shape index (κ3) is 15.9. The van der Waals surface area contributed by atoms with Crippen LogP contribution < -0.4 is 5.43 Å². The number of halogens is 2. The van der Waals surface area contributed by atoms with Gasteiger partial charge in [-0.15, -0.1) is 0 Å². The van der Waals surface area contributed by atoms with Crippen LogP contribution in [0.15, 0.2) is 61.8 Å². The maximum atomic E-state index is 11.8. The fourth-order valence-corrected chi connectivity index (χ4v) is 4.02. The average Bonchev–Trinajstić information content (AvgIpc) is 3.04. The molecule has 2 aromatic carbocycles. The zero-order chi connectivity index (χ0) is 36.4. The number of pyridine rings is 1. The second kappa shape index (κ2) is 22.9. The number of aromatic amines is 1. The van der Waals surface area contributed by atoms with E-state index in [2.05, 4.69) is 51.1 Å². The highest BCUT2D eigenvalue weighted by atomic mass is 79.9. The van der Waals surface area contributed by atoms with Crippen molar-refractivity contribution in [2.24, 2.45) is 0 Å². The fourth-order valence-electron chi connectivity index (χ4n) is 3.17. The predicted molar refractivity (Wildman–Crippen MR) is 206 cm³/mol. The summed E-state index contributed by atoms with van der Waals surface area (Å²) in [5, 5.41) is 0.537. The molecule has 0 saturated heterocycles. The molecule has 1 aromatic heterocycles. The van der Waals surface area contributed by atoms with Gasteiger partial charge in [-0.3, -0.25) is 4.79 Å². The smallest absolute Gasteiger partial charge is 0.354 e. The van der Waals surface area contributed by atoms with Crippen LogP contribution >= 0.6 is 31.9 Å². The maximum Gasteiger partial charge on any atom is 0.354 e. The van der Waals surface area contributed by atoms with E-state index in [1.165, 1.54) is 34.5 Å². The third-order valence-electron chi connectivity index (χ3n) is 5.80. The Kier molecular flexibility index (Phi) is 21.7. The fraction of sp³-hybridized carbons (Fsp3) is 0.231. The minimum absolute atomic E-state index is 0.149. The Morgan fingerprint density at radius 3 is 1.89 bits per heavy atom. The molecule has 0 amide bonds. The van der Waals surface area contributed by atoms with Crippen LogP contribution in [-0.2, 0) is 30.2 Å². The normalized spacial score (nSPS) is 9.89. The van der Waals surface area contributed by atoms with Crippen molar-refractivity contribution in [2.75, 3.05) is 21.3 Å². The molecule has 0 aliphatic rings. The number of fused-ring (bicyclic) bond motifs is 1. The number of carbonyl (C=O) groups excluding carboxylic acids is 3. The number of benzene rings is 2. The zero-order valence-electron chi connectivity index (χ0n) is 26.7. The van der Waals surface area contributed by atoms with Crippen molar-refractivity contribution in [1.82, 2.24) is 4.98 Å². The number of aromatic nitrogens is 1. The Morgan fingerprint density at radius 1 is 0.872 bits per heavy atom. The molecule has 223 valence electrons. The van der Waals surface area contributed by atoms with E-state index in [0.717, 1.165) is 31.7 Å². The van der Waals surface area contributed by atoms with Crippen molar-refractivity contribution < 1.29 is 28.6 Å². The molecule has 21 heteroatoms. The monoisotopic (exact) mass is 742 g/mol. The molecule has 3 rings (SSSR count). The topological polar surface area (TPSA) is 112 Å². The molecule has 0 aliphatic carbocycles. The molecule has 15 radical (unpaired) electrons. The second-order valence-electron chi connectivity index (χ2n) is 9.49. The Morgan fingerprint density at radius 2 is 1.43 bits per heavy atom. The molecule has 3 aromatic rings. The lowest BCUT2D eigenvalue weighted by Crippen LogP contribution is -2.38. The predicted octanol–water partition coefficient (Wildman–Crippen LogP) is 0.769. The highest BCUT2D eigenvalue weighted by molar-refractivity contribution is 9.11. The van der Waals surface area contributed by atoms with Gasteiger partial charge in [0.2, 0.25) is 0 Å². The minimum Gasteiger partial charge on any atom is -0.466 e. The standard InChI is InChI=1S/C14H15BrO4.C12H10BrNO3.B6.B5/c1-9-5-4-6-10(13(9)15)7-11(14(17)19-3)8-12(16)18-2;1-6-3-4-7-9(15)5-8(12(16)17-2)14-11(7)10(6)13;1-5(2)6(3)4;1-4-5(2)3/h4-6,8H,7H2,1-3H3;3-5H,1-2H3,(H,14,15);;/b11-8-;;;. The van der Waals surface area contributed by atoms with Crippen LogP contribution in [0, 0.1) is 13.8 Å². The summed E-state index contributed by atoms with van der Waals surface area (Å²) in [5.74, 6) is -1.68. The molecule has 0 aliphatic heterocycles. The molecule has 0 fully saturated rings. The van der Waals surface area contributed by atoms with Crippen molar-refractivity contribution >= 4 is 141 Å². The van der Waals surface area contributed by atoms with Crippen LogP contribution in [0.4, 0.5) is 0 Å². The number of aryl methyl sites for hydroxylation is 2. The number of nitrogens with one attached hydrogen (secondary N) is 1. The lowest BCUT2D eigenvalue weighted by atomic mass is 8.81. The molecule has 0 atom stereocenters. The van der Waals surface area contributed by atoms with Crippen LogP contribution in [0.2, 0.25) is 0 Å². The van der Waals surface area contributed by atoms with E-state index in [4.69, 9.17) is 54.2 Å². The molecule has 8 nitrogen and oxygen atoms in total. The highest BCUT2D eigenvalue weighted by Gasteiger charge is 2.15. The molecular weight excluding hydrogens is 717 g/mol. The summed E-state index contributed by atoms with van der Waals surface area (Å²) in [6, 6.07) is 10.5. The van der Waals surface area contributed by atoms with E-state index in [1.54, 1.807) is 6.07 Å². The SMILES string of the molecule is COC(=O)/C=C(/Cc1cccc(C)c1Br)C(=O)OC.COC(=O)c1cc(=O)c2ccc(C)c(Br)c2[nH]1.[B]B([B])B([B])[B].[B][B]B([B])[B]. The van der Waals surface area contributed by atoms with Gasteiger partial charge in [0.05, 0.1) is 26.8 Å². The Balaban J connectivity index is 0.000000688. The van der Waals surface area contributed by atoms with Crippen LogP contribution in [-0.4, -0.2) is 125 Å². The number of hydrogen-bond acceptors (Lipinski definition) is 7. The molecule has 0 saturated carbocycles. The average molecular weight is 742 g/mol. The van der Waals surface area contributed by atoms with Crippen LogP contribution in [0.1, 0.15) is 27.2 Å². The largest absolute Gasteiger partial charge is 0.466 e. The van der Waals surface area contributed by atoms with E-state index in [1.807, 2.05) is 38.1 Å². The first-order chi connectivity index (χ1) is 21.9. The van der Waals surface area contributed by atoms with Crippen molar-refractivity contribution in [2.45, 2.75) is 20.3 Å². The lowest BCUT2D eigenvalue weighted by Gasteiger charge is -2.09. The molecule has 0 spiro atoms. The second-order valence-corrected chi connectivity index (χ2v) is 11.1. The molecule has 0 bridgehead atoms. The van der Waals surface area contributed by atoms with E-state index in [-0.39, 0.29) is 16.7 Å². The summed E-state index contributed by atoms with van der Waals surface area (Å²) >= 11 is 6.87. The van der Waals surface area contributed by atoms with Gasteiger partial charge < -0.3 is 19.2 Å². The summed E-state index contributed by atoms with van der Waals surface area (Å²) in [7, 11) is 39.5. The van der Waals surface area contributed by atoms with Gasteiger partial charge in [-0.05, 0) is 52.5 Å². The third-order valence-corrected chi connectivity index (χ3v) is 7.96. The summed E-state index contributed by atoms with van der Waals surface area (Å²) in [4.78, 5) is 49.1. The van der Waals surface area contributed by atoms with Gasteiger partial charge in [0.25, 0.3) is 0 Å². The van der Waals surface area contributed by atoms with Crippen molar-refractivity contribution in [3.8, 4) is 0 Å². The van der Waals surface area contributed by atoms with Gasteiger partial charge >= 0.3 is 17.9 Å². The van der Waals surface area contributed by atoms with Gasteiger partial charge in [-0.25, -0.2) is 14.4 Å². The number of carbonyl (C=O) groups is 3.